The van der Waals surface area contributed by atoms with Crippen molar-refractivity contribution in [3.63, 3.8) is 0 Å². The highest BCUT2D eigenvalue weighted by Gasteiger charge is 2.33. The standard InChI is InChI=1S/C19H18ClF2N3O2S/c1-28(26,27)24-7-6-17(12-24)25(11-14-2-4-15(21)8-19(14)22)16-5-3-13(10-23)18(20)9-16/h2-5,8-9,17H,6-7,11-12H2,1H3/t17-/m0/s1. The molecule has 5 nitrogen and oxygen atoms in total. The summed E-state index contributed by atoms with van der Waals surface area (Å²) in [5.41, 5.74) is 1.22. The van der Waals surface area contributed by atoms with E-state index >= 15 is 0 Å². The lowest BCUT2D eigenvalue weighted by atomic mass is 10.1. The Balaban J connectivity index is 1.97. The van der Waals surface area contributed by atoms with Gasteiger partial charge in [-0.3, -0.25) is 0 Å². The molecule has 0 amide bonds. The molecule has 1 aliphatic rings. The Morgan fingerprint density at radius 1 is 1.29 bits per heavy atom. The first-order valence-corrected chi connectivity index (χ1v) is 10.8. The average Bonchev–Trinajstić information content (AvgIpc) is 3.11. The third-order valence-corrected chi connectivity index (χ3v) is 6.38. The van der Waals surface area contributed by atoms with Crippen molar-refractivity contribution < 1.29 is 17.2 Å². The molecule has 0 bridgehead atoms. The van der Waals surface area contributed by atoms with Gasteiger partial charge in [0.1, 0.15) is 17.7 Å². The molecule has 1 saturated heterocycles. The van der Waals surface area contributed by atoms with Crippen LogP contribution < -0.4 is 4.90 Å². The van der Waals surface area contributed by atoms with Crippen molar-refractivity contribution in [1.82, 2.24) is 4.31 Å². The second-order valence-electron chi connectivity index (χ2n) is 6.70. The van der Waals surface area contributed by atoms with Crippen molar-refractivity contribution in [3.8, 4) is 6.07 Å². The minimum absolute atomic E-state index is 0.108. The molecule has 0 radical (unpaired) electrons. The highest BCUT2D eigenvalue weighted by Crippen LogP contribution is 2.30. The van der Waals surface area contributed by atoms with Crippen LogP contribution in [0.3, 0.4) is 0 Å². The molecule has 148 valence electrons. The van der Waals surface area contributed by atoms with Crippen molar-refractivity contribution in [2.24, 2.45) is 0 Å². The van der Waals surface area contributed by atoms with Gasteiger partial charge in [-0.2, -0.15) is 5.26 Å². The van der Waals surface area contributed by atoms with E-state index in [1.807, 2.05) is 11.0 Å². The van der Waals surface area contributed by atoms with Gasteiger partial charge in [0, 0.05) is 43.0 Å². The topological polar surface area (TPSA) is 64.4 Å². The lowest BCUT2D eigenvalue weighted by Crippen LogP contribution is -2.38. The van der Waals surface area contributed by atoms with Gasteiger partial charge in [-0.15, -0.1) is 0 Å². The fourth-order valence-electron chi connectivity index (χ4n) is 3.30. The summed E-state index contributed by atoms with van der Waals surface area (Å²) in [7, 11) is -3.34. The van der Waals surface area contributed by atoms with Crippen molar-refractivity contribution in [2.75, 3.05) is 24.2 Å². The third-order valence-electron chi connectivity index (χ3n) is 4.80. The number of nitrogens with zero attached hydrogens (tertiary/aromatic N) is 3. The zero-order valence-corrected chi connectivity index (χ0v) is 16.6. The quantitative estimate of drug-likeness (QED) is 0.735. The highest BCUT2D eigenvalue weighted by atomic mass is 35.5. The van der Waals surface area contributed by atoms with Gasteiger partial charge in [0.15, 0.2) is 0 Å². The number of anilines is 1. The summed E-state index contributed by atoms with van der Waals surface area (Å²) >= 11 is 6.16. The van der Waals surface area contributed by atoms with E-state index < -0.39 is 21.7 Å². The van der Waals surface area contributed by atoms with Crippen molar-refractivity contribution in [3.05, 3.63) is 64.2 Å². The molecule has 0 unspecified atom stereocenters. The van der Waals surface area contributed by atoms with Crippen LogP contribution in [0.15, 0.2) is 36.4 Å². The molecule has 2 aromatic carbocycles. The third kappa shape index (κ3) is 4.43. The van der Waals surface area contributed by atoms with E-state index in [4.69, 9.17) is 16.9 Å². The summed E-state index contributed by atoms with van der Waals surface area (Å²) in [6.45, 7) is 0.714. The van der Waals surface area contributed by atoms with E-state index in [-0.39, 0.29) is 29.7 Å². The molecule has 1 fully saturated rings. The molecule has 0 saturated carbocycles. The Kier molecular flexibility index (Phi) is 5.89. The van der Waals surface area contributed by atoms with E-state index in [0.29, 0.717) is 24.2 Å². The molecule has 0 N–H and O–H groups in total. The first-order valence-electron chi connectivity index (χ1n) is 8.54. The Labute approximate surface area is 167 Å². The fourth-order valence-corrected chi connectivity index (χ4v) is 4.40. The maximum absolute atomic E-state index is 14.2. The maximum Gasteiger partial charge on any atom is 0.211 e. The second-order valence-corrected chi connectivity index (χ2v) is 9.09. The smallest absolute Gasteiger partial charge is 0.211 e. The molecular formula is C19H18ClF2N3O2S. The van der Waals surface area contributed by atoms with Crippen LogP contribution in [0, 0.1) is 23.0 Å². The van der Waals surface area contributed by atoms with Crippen LogP contribution in [-0.2, 0) is 16.6 Å². The maximum atomic E-state index is 14.2. The highest BCUT2D eigenvalue weighted by molar-refractivity contribution is 7.88. The summed E-state index contributed by atoms with van der Waals surface area (Å²) in [6, 6.07) is 9.98. The summed E-state index contributed by atoms with van der Waals surface area (Å²) in [5, 5.41) is 9.33. The number of halogens is 3. The van der Waals surface area contributed by atoms with Gasteiger partial charge in [0.05, 0.1) is 16.8 Å². The molecule has 3 rings (SSSR count). The molecule has 1 aliphatic heterocycles. The Hall–Kier alpha value is -2.21. The van der Waals surface area contributed by atoms with Gasteiger partial charge in [-0.05, 0) is 30.7 Å². The van der Waals surface area contributed by atoms with Crippen LogP contribution in [0.25, 0.3) is 0 Å². The number of hydrogen-bond acceptors (Lipinski definition) is 4. The summed E-state index contributed by atoms with van der Waals surface area (Å²) in [5.74, 6) is -1.35. The van der Waals surface area contributed by atoms with Crippen LogP contribution >= 0.6 is 11.6 Å². The van der Waals surface area contributed by atoms with Crippen molar-refractivity contribution in [1.29, 1.82) is 5.26 Å². The Morgan fingerprint density at radius 3 is 2.61 bits per heavy atom. The monoisotopic (exact) mass is 425 g/mol. The Bertz CT molecular complexity index is 1040. The van der Waals surface area contributed by atoms with Gasteiger partial charge < -0.3 is 4.90 Å². The predicted molar refractivity (Wildman–Crippen MR) is 104 cm³/mol. The predicted octanol–water partition coefficient (Wildman–Crippen LogP) is 3.53. The lowest BCUT2D eigenvalue weighted by Gasteiger charge is -2.31. The molecule has 28 heavy (non-hydrogen) atoms. The molecule has 1 heterocycles. The Morgan fingerprint density at radius 2 is 2.04 bits per heavy atom. The summed E-state index contributed by atoms with van der Waals surface area (Å²) in [6.07, 6.45) is 1.70. The van der Waals surface area contributed by atoms with E-state index in [0.717, 1.165) is 12.3 Å². The number of hydrogen-bond donors (Lipinski definition) is 0. The normalized spacial score (nSPS) is 17.5. The van der Waals surface area contributed by atoms with Crippen LogP contribution in [0.2, 0.25) is 5.02 Å². The summed E-state index contributed by atoms with van der Waals surface area (Å²) < 4.78 is 52.6. The van der Waals surface area contributed by atoms with Crippen LogP contribution in [-0.4, -0.2) is 38.1 Å². The van der Waals surface area contributed by atoms with Gasteiger partial charge in [-0.1, -0.05) is 17.7 Å². The van der Waals surface area contributed by atoms with E-state index in [1.165, 1.54) is 16.4 Å². The number of benzene rings is 2. The number of sulfonamides is 1. The molecule has 1 atom stereocenters. The van der Waals surface area contributed by atoms with Crippen LogP contribution in [0.4, 0.5) is 14.5 Å². The molecule has 2 aromatic rings. The van der Waals surface area contributed by atoms with E-state index in [2.05, 4.69) is 0 Å². The van der Waals surface area contributed by atoms with Crippen LogP contribution in [0.1, 0.15) is 17.5 Å². The minimum atomic E-state index is -3.34. The number of rotatable bonds is 5. The van der Waals surface area contributed by atoms with Gasteiger partial charge in [-0.25, -0.2) is 21.5 Å². The summed E-state index contributed by atoms with van der Waals surface area (Å²) in [4.78, 5) is 1.84. The molecule has 0 spiro atoms. The second kappa shape index (κ2) is 8.03. The molecular weight excluding hydrogens is 408 g/mol. The molecule has 9 heteroatoms. The van der Waals surface area contributed by atoms with Gasteiger partial charge in [0.25, 0.3) is 0 Å². The van der Waals surface area contributed by atoms with Crippen molar-refractivity contribution >= 4 is 27.3 Å². The zero-order chi connectivity index (χ0) is 20.5. The zero-order valence-electron chi connectivity index (χ0n) is 15.1. The lowest BCUT2D eigenvalue weighted by molar-refractivity contribution is 0.472. The minimum Gasteiger partial charge on any atom is -0.363 e. The number of nitriles is 1. The first-order chi connectivity index (χ1) is 13.2. The van der Waals surface area contributed by atoms with Crippen molar-refractivity contribution in [2.45, 2.75) is 19.0 Å². The largest absolute Gasteiger partial charge is 0.363 e. The average molecular weight is 426 g/mol. The van der Waals surface area contributed by atoms with E-state index in [1.54, 1.807) is 18.2 Å². The first kappa shape index (κ1) is 20.5. The molecule has 0 aromatic heterocycles. The SMILES string of the molecule is CS(=O)(=O)N1CC[C@H](N(Cc2ccc(F)cc2F)c2ccc(C#N)c(Cl)c2)C1. The fraction of sp³-hybridized carbons (Fsp3) is 0.316. The van der Waals surface area contributed by atoms with Gasteiger partial charge >= 0.3 is 0 Å². The van der Waals surface area contributed by atoms with E-state index in [9.17, 15) is 17.2 Å². The van der Waals surface area contributed by atoms with Gasteiger partial charge in [0.2, 0.25) is 10.0 Å². The van der Waals surface area contributed by atoms with Crippen LogP contribution in [0.5, 0.6) is 0 Å². The molecule has 0 aliphatic carbocycles.